The van der Waals surface area contributed by atoms with Crippen LogP contribution < -0.4 is 16.1 Å². The zero-order chi connectivity index (χ0) is 21.9. The lowest BCUT2D eigenvalue weighted by Gasteiger charge is -2.31. The molecule has 0 N–H and O–H groups in total. The van der Waals surface area contributed by atoms with E-state index in [1.54, 1.807) is 29.8 Å². The third-order valence-corrected chi connectivity index (χ3v) is 6.13. The third-order valence-electron chi connectivity index (χ3n) is 5.39. The fraction of sp³-hybridized carbons (Fsp3) is 0.316. The van der Waals surface area contributed by atoms with Crippen molar-refractivity contribution in [1.82, 2.24) is 28.9 Å². The minimum Gasteiger partial charge on any atom is -0.419 e. The van der Waals surface area contributed by atoms with Crippen LogP contribution in [0.25, 0.3) is 22.6 Å². The minimum absolute atomic E-state index is 0.129. The molecule has 3 aromatic heterocycles. The van der Waals surface area contributed by atoms with Gasteiger partial charge < -0.3 is 9.32 Å². The molecule has 31 heavy (non-hydrogen) atoms. The van der Waals surface area contributed by atoms with E-state index in [9.17, 15) is 9.59 Å². The SMILES string of the molecule is Cn1c(=O)c2c(nc(N3CCC3)n2Cc2nnc(-c3ccc(Cl)c(Cl)c3)o2)n(C)c1=O. The van der Waals surface area contributed by atoms with Crippen molar-refractivity contribution in [2.24, 2.45) is 14.1 Å². The molecular weight excluding hydrogens is 445 g/mol. The van der Waals surface area contributed by atoms with E-state index in [2.05, 4.69) is 15.2 Å². The van der Waals surface area contributed by atoms with Gasteiger partial charge >= 0.3 is 5.69 Å². The van der Waals surface area contributed by atoms with Gasteiger partial charge in [-0.3, -0.25) is 18.5 Å². The highest BCUT2D eigenvalue weighted by molar-refractivity contribution is 6.42. The van der Waals surface area contributed by atoms with Gasteiger partial charge in [0.15, 0.2) is 11.2 Å². The maximum absolute atomic E-state index is 12.9. The third kappa shape index (κ3) is 3.14. The highest BCUT2D eigenvalue weighted by atomic mass is 35.5. The first-order valence-corrected chi connectivity index (χ1v) is 10.3. The lowest BCUT2D eigenvalue weighted by molar-refractivity contribution is 0.485. The highest BCUT2D eigenvalue weighted by Crippen LogP contribution is 2.29. The van der Waals surface area contributed by atoms with Crippen LogP contribution in [0.1, 0.15) is 12.3 Å². The summed E-state index contributed by atoms with van der Waals surface area (Å²) < 4.78 is 9.98. The largest absolute Gasteiger partial charge is 0.419 e. The quantitative estimate of drug-likeness (QED) is 0.457. The van der Waals surface area contributed by atoms with Crippen molar-refractivity contribution in [2.45, 2.75) is 13.0 Å². The van der Waals surface area contributed by atoms with Gasteiger partial charge in [0.25, 0.3) is 5.56 Å². The van der Waals surface area contributed by atoms with E-state index >= 15 is 0 Å². The van der Waals surface area contributed by atoms with Crippen LogP contribution in [-0.2, 0) is 20.6 Å². The number of hydrogen-bond acceptors (Lipinski definition) is 7. The Morgan fingerprint density at radius 1 is 1.06 bits per heavy atom. The number of imidazole rings is 1. The molecule has 4 aromatic rings. The minimum atomic E-state index is -0.433. The van der Waals surface area contributed by atoms with Crippen LogP contribution in [0.4, 0.5) is 5.95 Å². The number of halogens is 2. The van der Waals surface area contributed by atoms with E-state index < -0.39 is 11.2 Å². The van der Waals surface area contributed by atoms with Gasteiger partial charge in [-0.15, -0.1) is 10.2 Å². The van der Waals surface area contributed by atoms with Gasteiger partial charge in [-0.25, -0.2) is 4.79 Å². The topological polar surface area (TPSA) is 104 Å². The van der Waals surface area contributed by atoms with Gasteiger partial charge in [0.2, 0.25) is 17.7 Å². The van der Waals surface area contributed by atoms with E-state index in [1.165, 1.54) is 11.6 Å². The van der Waals surface area contributed by atoms with Crippen LogP contribution in [0, 0.1) is 0 Å². The molecule has 1 aliphatic heterocycles. The van der Waals surface area contributed by atoms with Crippen molar-refractivity contribution in [3.63, 3.8) is 0 Å². The van der Waals surface area contributed by atoms with Gasteiger partial charge in [0.1, 0.15) is 6.54 Å². The molecule has 0 radical (unpaired) electrons. The molecule has 0 aliphatic carbocycles. The first-order chi connectivity index (χ1) is 14.8. The zero-order valence-corrected chi connectivity index (χ0v) is 18.2. The van der Waals surface area contributed by atoms with Crippen molar-refractivity contribution in [3.05, 3.63) is 55.0 Å². The molecule has 0 unspecified atom stereocenters. The lowest BCUT2D eigenvalue weighted by atomic mass is 10.2. The summed E-state index contributed by atoms with van der Waals surface area (Å²) in [7, 11) is 3.04. The number of nitrogens with zero attached hydrogens (tertiary/aromatic N) is 7. The van der Waals surface area contributed by atoms with Crippen LogP contribution in [0.2, 0.25) is 10.0 Å². The van der Waals surface area contributed by atoms with Crippen molar-refractivity contribution >= 4 is 40.3 Å². The Kier molecular flexibility index (Phi) is 4.63. The lowest BCUT2D eigenvalue weighted by Crippen LogP contribution is -2.39. The molecule has 4 heterocycles. The summed E-state index contributed by atoms with van der Waals surface area (Å²) in [6.45, 7) is 1.76. The molecule has 1 saturated heterocycles. The summed E-state index contributed by atoms with van der Waals surface area (Å²) in [6.07, 6.45) is 1.03. The Morgan fingerprint density at radius 3 is 2.52 bits per heavy atom. The summed E-state index contributed by atoms with van der Waals surface area (Å²) in [5, 5.41) is 9.02. The van der Waals surface area contributed by atoms with Gasteiger partial charge in [-0.05, 0) is 24.6 Å². The van der Waals surface area contributed by atoms with E-state index in [0.29, 0.717) is 32.7 Å². The summed E-state index contributed by atoms with van der Waals surface area (Å²) in [6, 6.07) is 5.03. The molecule has 1 aliphatic rings. The first kappa shape index (κ1) is 19.8. The zero-order valence-electron chi connectivity index (χ0n) is 16.7. The fourth-order valence-corrected chi connectivity index (χ4v) is 3.84. The standard InChI is InChI=1S/C19H17Cl2N7O3/c1-25-15-14(17(29)26(2)19(25)30)28(18(22-15)27-6-3-7-27)9-13-23-24-16(31-13)10-4-5-11(20)12(21)8-10/h4-5,8H,3,6-7,9H2,1-2H3. The smallest absolute Gasteiger partial charge is 0.332 e. The van der Waals surface area contributed by atoms with E-state index in [-0.39, 0.29) is 18.3 Å². The van der Waals surface area contributed by atoms with Crippen LogP contribution in [0.3, 0.4) is 0 Å². The Labute approximate surface area is 185 Å². The van der Waals surface area contributed by atoms with Gasteiger partial charge in [-0.2, -0.15) is 4.98 Å². The number of aromatic nitrogens is 6. The predicted molar refractivity (Wildman–Crippen MR) is 116 cm³/mol. The Hall–Kier alpha value is -3.11. The van der Waals surface area contributed by atoms with Gasteiger partial charge in [0.05, 0.1) is 10.0 Å². The number of hydrogen-bond donors (Lipinski definition) is 0. The monoisotopic (exact) mass is 461 g/mol. The molecule has 5 rings (SSSR count). The second kappa shape index (κ2) is 7.24. The fourth-order valence-electron chi connectivity index (χ4n) is 3.54. The number of anilines is 1. The number of fused-ring (bicyclic) bond motifs is 1. The maximum atomic E-state index is 12.9. The molecule has 10 nitrogen and oxygen atoms in total. The molecular formula is C19H17Cl2N7O3. The maximum Gasteiger partial charge on any atom is 0.332 e. The van der Waals surface area contributed by atoms with Crippen molar-refractivity contribution in [2.75, 3.05) is 18.0 Å². The van der Waals surface area contributed by atoms with Crippen LogP contribution in [0.15, 0.2) is 32.2 Å². The molecule has 160 valence electrons. The first-order valence-electron chi connectivity index (χ1n) is 9.54. The second-order valence-corrected chi connectivity index (χ2v) is 8.16. The van der Waals surface area contributed by atoms with E-state index in [1.807, 2.05) is 4.90 Å². The van der Waals surface area contributed by atoms with Gasteiger partial charge in [-0.1, -0.05) is 23.2 Å². The van der Waals surface area contributed by atoms with Crippen LogP contribution in [0.5, 0.6) is 0 Å². The number of rotatable bonds is 4. The molecule has 0 bridgehead atoms. The van der Waals surface area contributed by atoms with Crippen molar-refractivity contribution < 1.29 is 4.42 Å². The van der Waals surface area contributed by atoms with Crippen molar-refractivity contribution in [1.29, 1.82) is 0 Å². The Bertz CT molecular complexity index is 1450. The van der Waals surface area contributed by atoms with Crippen molar-refractivity contribution in [3.8, 4) is 11.5 Å². The Morgan fingerprint density at radius 2 is 1.84 bits per heavy atom. The summed E-state index contributed by atoms with van der Waals surface area (Å²) in [4.78, 5) is 31.9. The average molecular weight is 462 g/mol. The summed E-state index contributed by atoms with van der Waals surface area (Å²) in [5.74, 6) is 1.16. The summed E-state index contributed by atoms with van der Waals surface area (Å²) >= 11 is 12.1. The number of benzene rings is 1. The van der Waals surface area contributed by atoms with E-state index in [0.717, 1.165) is 24.1 Å². The average Bonchev–Trinajstić information content (AvgIpc) is 3.32. The molecule has 0 spiro atoms. The van der Waals surface area contributed by atoms with E-state index in [4.69, 9.17) is 27.6 Å². The molecule has 1 fully saturated rings. The molecule has 1 aromatic carbocycles. The summed E-state index contributed by atoms with van der Waals surface area (Å²) in [5.41, 5.74) is 0.392. The highest BCUT2D eigenvalue weighted by Gasteiger charge is 2.26. The van der Waals surface area contributed by atoms with Crippen LogP contribution >= 0.6 is 23.2 Å². The molecule has 12 heteroatoms. The van der Waals surface area contributed by atoms with Gasteiger partial charge in [0, 0.05) is 32.7 Å². The number of aryl methyl sites for hydroxylation is 1. The Balaban J connectivity index is 1.62. The molecule has 0 amide bonds. The molecule has 0 saturated carbocycles. The normalized spacial score (nSPS) is 13.7. The second-order valence-electron chi connectivity index (χ2n) is 7.35. The predicted octanol–water partition coefficient (Wildman–Crippen LogP) is 2.05. The van der Waals surface area contributed by atoms with Crippen LogP contribution in [-0.4, -0.2) is 42.0 Å². The molecule has 0 atom stereocenters.